The van der Waals surface area contributed by atoms with E-state index in [9.17, 15) is 24.0 Å². The third-order valence-electron chi connectivity index (χ3n) is 12.0. The largest absolute Gasteiger partial charge is 0.468 e. The fraction of sp³-hybridized carbons (Fsp3) is 0.302. The van der Waals surface area contributed by atoms with Gasteiger partial charge < -0.3 is 34.4 Å². The van der Waals surface area contributed by atoms with Crippen LogP contribution in [0, 0.1) is 5.41 Å². The minimum atomic E-state index is -0.817. The first-order valence-electron chi connectivity index (χ1n) is 22.1. The number of halogens is 3. The Balaban J connectivity index is 0.000000264. The molecule has 68 heavy (non-hydrogen) atoms. The molecule has 15 heteroatoms. The maximum atomic E-state index is 13.3. The summed E-state index contributed by atoms with van der Waals surface area (Å²) in [6, 6.07) is 36.0. The minimum Gasteiger partial charge on any atom is -0.468 e. The summed E-state index contributed by atoms with van der Waals surface area (Å²) in [6.07, 6.45) is 8.08. The van der Waals surface area contributed by atoms with Crippen LogP contribution >= 0.6 is 35.6 Å². The second kappa shape index (κ2) is 25.4. The highest BCUT2D eigenvalue weighted by molar-refractivity contribution is 6.31. The van der Waals surface area contributed by atoms with Gasteiger partial charge in [0.05, 0.1) is 42.8 Å². The number of pyridine rings is 2. The van der Waals surface area contributed by atoms with Crippen LogP contribution in [0.2, 0.25) is 10.0 Å². The van der Waals surface area contributed by atoms with Crippen molar-refractivity contribution in [3.05, 3.63) is 187 Å². The molecule has 0 radical (unpaired) electrons. The lowest BCUT2D eigenvalue weighted by atomic mass is 9.81. The summed E-state index contributed by atoms with van der Waals surface area (Å²) in [6.45, 7) is 1.35. The molecular weight excluding hydrogens is 927 g/mol. The van der Waals surface area contributed by atoms with Gasteiger partial charge >= 0.3 is 11.9 Å². The summed E-state index contributed by atoms with van der Waals surface area (Å²) < 4.78 is 18.1. The van der Waals surface area contributed by atoms with E-state index in [1.165, 1.54) is 14.2 Å². The summed E-state index contributed by atoms with van der Waals surface area (Å²) >= 11 is 12.6. The van der Waals surface area contributed by atoms with Crippen molar-refractivity contribution < 1.29 is 28.6 Å². The quantitative estimate of drug-likeness (QED) is 0.0853. The van der Waals surface area contributed by atoms with Crippen molar-refractivity contribution >= 4 is 53.5 Å². The molecule has 2 atom stereocenters. The highest BCUT2D eigenvalue weighted by Gasteiger charge is 2.42. The van der Waals surface area contributed by atoms with Gasteiger partial charge in [-0.3, -0.25) is 19.2 Å². The van der Waals surface area contributed by atoms with Crippen molar-refractivity contribution in [1.82, 2.24) is 14.5 Å². The van der Waals surface area contributed by atoms with Crippen molar-refractivity contribution in [2.45, 2.75) is 70.1 Å². The molecule has 0 bridgehead atoms. The monoisotopic (exact) mass is 982 g/mol. The number of nitrogens with two attached hydrogens (primary N) is 1. The number of nitrogens with zero attached hydrogens (tertiary/aromatic N) is 2. The molecule has 2 aromatic heterocycles. The molecule has 7 rings (SSSR count). The van der Waals surface area contributed by atoms with Crippen molar-refractivity contribution in [3.8, 4) is 22.3 Å². The third kappa shape index (κ3) is 14.0. The lowest BCUT2D eigenvalue weighted by Gasteiger charge is -2.29. The number of benzene rings is 4. The standard InChI is InChI=1S/C31H35ClN2O5.C22H21ClN2O3.ClH/c1-38-17-16-31(14-6-7-15-31)30(37)33-27(29(36)39-2)18-22-10-12-24(13-11-22)26-19-25(32)21-34(28(26)35)20-23-8-4-3-5-9-23;1-28-22(27)20(24)11-15-7-9-17(10-8-15)19-12-18(23)14-25(21(19)26)13-16-5-3-2-4-6-16;/h3-5,8-13,19,21,27H,6-7,14-18,20H2,1-2H3,(H,33,37);2-10,12,14,20H,11,13,24H2,1H3;1H. The molecule has 3 N–H and O–H groups in total. The summed E-state index contributed by atoms with van der Waals surface area (Å²) in [7, 11) is 4.26. The Kier molecular flexibility index (Phi) is 19.8. The van der Waals surface area contributed by atoms with Crippen LogP contribution in [0.1, 0.15) is 54.4 Å². The average molecular weight is 984 g/mol. The Morgan fingerprint density at radius 1 is 0.647 bits per heavy atom. The first-order valence-corrected chi connectivity index (χ1v) is 22.9. The van der Waals surface area contributed by atoms with E-state index < -0.39 is 29.4 Å². The van der Waals surface area contributed by atoms with E-state index in [-0.39, 0.29) is 35.9 Å². The maximum absolute atomic E-state index is 13.3. The Hall–Kier alpha value is -6.02. The van der Waals surface area contributed by atoms with Crippen molar-refractivity contribution in [2.75, 3.05) is 27.9 Å². The van der Waals surface area contributed by atoms with Gasteiger partial charge in [0.1, 0.15) is 12.1 Å². The van der Waals surface area contributed by atoms with E-state index in [1.807, 2.05) is 109 Å². The van der Waals surface area contributed by atoms with Gasteiger partial charge in [0.15, 0.2) is 0 Å². The maximum Gasteiger partial charge on any atom is 0.328 e. The second-order valence-corrected chi connectivity index (χ2v) is 17.6. The first kappa shape index (κ1) is 52.9. The number of amides is 1. The van der Waals surface area contributed by atoms with Crippen LogP contribution < -0.4 is 22.2 Å². The molecule has 1 fully saturated rings. The van der Waals surface area contributed by atoms with Gasteiger partial charge in [-0.2, -0.15) is 0 Å². The smallest absolute Gasteiger partial charge is 0.328 e. The summed E-state index contributed by atoms with van der Waals surface area (Å²) in [4.78, 5) is 63.6. The van der Waals surface area contributed by atoms with Gasteiger partial charge in [-0.05, 0) is 71.2 Å². The number of nitrogens with one attached hydrogen (secondary N) is 1. The number of aromatic nitrogens is 2. The summed E-state index contributed by atoms with van der Waals surface area (Å²) in [5, 5.41) is 3.91. The first-order chi connectivity index (χ1) is 32.3. The molecule has 1 aliphatic rings. The zero-order valence-electron chi connectivity index (χ0n) is 38.3. The van der Waals surface area contributed by atoms with Gasteiger partial charge in [-0.1, -0.05) is 145 Å². The summed E-state index contributed by atoms with van der Waals surface area (Å²) in [5.41, 5.74) is 11.2. The third-order valence-corrected chi connectivity index (χ3v) is 12.5. The predicted molar refractivity (Wildman–Crippen MR) is 269 cm³/mol. The van der Waals surface area contributed by atoms with E-state index in [2.05, 4.69) is 10.1 Å². The Morgan fingerprint density at radius 2 is 1.09 bits per heavy atom. The van der Waals surface area contributed by atoms with Gasteiger partial charge in [0, 0.05) is 43.7 Å². The molecule has 0 spiro atoms. The molecule has 1 amide bonds. The lowest BCUT2D eigenvalue weighted by molar-refractivity contribution is -0.147. The number of carbonyl (C=O) groups excluding carboxylic acids is 3. The fourth-order valence-electron chi connectivity index (χ4n) is 8.36. The Morgan fingerprint density at radius 3 is 1.51 bits per heavy atom. The van der Waals surface area contributed by atoms with E-state index in [0.717, 1.165) is 59.1 Å². The SMILES string of the molecule is COC(=O)C(N)Cc1ccc(-c2cc(Cl)cn(Cc3ccccc3)c2=O)cc1.COCCC1(C(=O)NC(Cc2ccc(-c3cc(Cl)cn(Cc4ccccc4)c3=O)cc2)C(=O)OC)CCCC1.Cl. The van der Waals surface area contributed by atoms with Crippen LogP contribution in [-0.2, 0) is 54.5 Å². The molecule has 6 aromatic rings. The van der Waals surface area contributed by atoms with Gasteiger partial charge in [-0.25, -0.2) is 4.79 Å². The topological polar surface area (TPSA) is 161 Å². The second-order valence-electron chi connectivity index (χ2n) is 16.7. The molecule has 2 heterocycles. The molecule has 12 nitrogen and oxygen atoms in total. The number of ether oxygens (including phenoxy) is 3. The van der Waals surface area contributed by atoms with Crippen LogP contribution in [0.4, 0.5) is 0 Å². The molecule has 4 aromatic carbocycles. The number of rotatable bonds is 17. The average Bonchev–Trinajstić information content (AvgIpc) is 3.84. The Bertz CT molecular complexity index is 2720. The van der Waals surface area contributed by atoms with Gasteiger partial charge in [0.2, 0.25) is 5.91 Å². The van der Waals surface area contributed by atoms with Crippen LogP contribution in [-0.4, -0.2) is 67.0 Å². The molecular formula is C53H57Cl3N4O8. The Labute approximate surface area is 412 Å². The van der Waals surface area contributed by atoms with Crippen LogP contribution in [0.3, 0.4) is 0 Å². The molecule has 358 valence electrons. The number of methoxy groups -OCH3 is 3. The normalized spacial score (nSPS) is 13.5. The van der Waals surface area contributed by atoms with E-state index >= 15 is 0 Å². The zero-order chi connectivity index (χ0) is 47.9. The molecule has 0 saturated heterocycles. The molecule has 1 saturated carbocycles. The van der Waals surface area contributed by atoms with E-state index in [0.29, 0.717) is 53.7 Å². The van der Waals surface area contributed by atoms with E-state index in [1.54, 1.807) is 40.8 Å². The molecule has 1 aliphatic carbocycles. The number of esters is 2. The minimum absolute atomic E-state index is 0. The number of hydrogen-bond acceptors (Lipinski definition) is 9. The van der Waals surface area contributed by atoms with Crippen LogP contribution in [0.5, 0.6) is 0 Å². The molecule has 0 aliphatic heterocycles. The van der Waals surface area contributed by atoms with Crippen molar-refractivity contribution in [3.63, 3.8) is 0 Å². The predicted octanol–water partition coefficient (Wildman–Crippen LogP) is 8.70. The van der Waals surface area contributed by atoms with Gasteiger partial charge in [-0.15, -0.1) is 12.4 Å². The molecule has 2 unspecified atom stereocenters. The van der Waals surface area contributed by atoms with Crippen molar-refractivity contribution in [2.24, 2.45) is 11.1 Å². The number of carbonyl (C=O) groups is 3. The fourth-order valence-corrected chi connectivity index (χ4v) is 8.81. The van der Waals surface area contributed by atoms with Gasteiger partial charge in [0.25, 0.3) is 11.1 Å². The van der Waals surface area contributed by atoms with Crippen LogP contribution in [0.15, 0.2) is 143 Å². The summed E-state index contributed by atoms with van der Waals surface area (Å²) in [5.74, 6) is -1.07. The van der Waals surface area contributed by atoms with Crippen LogP contribution in [0.25, 0.3) is 22.3 Å². The zero-order valence-corrected chi connectivity index (χ0v) is 40.7. The van der Waals surface area contributed by atoms with Crippen molar-refractivity contribution in [1.29, 1.82) is 0 Å². The highest BCUT2D eigenvalue weighted by atomic mass is 35.5. The lowest BCUT2D eigenvalue weighted by Crippen LogP contribution is -2.49. The van der Waals surface area contributed by atoms with E-state index in [4.69, 9.17) is 38.4 Å². The number of hydrogen-bond donors (Lipinski definition) is 2. The highest BCUT2D eigenvalue weighted by Crippen LogP contribution is 2.41.